The largest absolute Gasteiger partial charge is 0.370 e. The van der Waals surface area contributed by atoms with Gasteiger partial charge in [0.1, 0.15) is 16.6 Å². The van der Waals surface area contributed by atoms with Crippen molar-refractivity contribution in [1.82, 2.24) is 15.0 Å². The molecule has 1 N–H and O–H groups in total. The minimum Gasteiger partial charge on any atom is -0.370 e. The molecule has 0 aliphatic heterocycles. The summed E-state index contributed by atoms with van der Waals surface area (Å²) in [5.41, 5.74) is 2.31. The normalized spacial score (nSPS) is 13.9. The molecular formula is C18H18N4S. The van der Waals surface area contributed by atoms with Crippen molar-refractivity contribution in [3.8, 4) is 10.6 Å². The number of anilines is 1. The fourth-order valence-electron chi connectivity index (χ4n) is 2.46. The number of hydrogen-bond donors (Lipinski definition) is 1. The third kappa shape index (κ3) is 3.56. The topological polar surface area (TPSA) is 50.7 Å². The number of rotatable bonds is 6. The van der Waals surface area contributed by atoms with E-state index < -0.39 is 0 Å². The van der Waals surface area contributed by atoms with E-state index in [1.807, 2.05) is 30.5 Å². The predicted octanol–water partition coefficient (Wildman–Crippen LogP) is 4.13. The first-order valence-corrected chi connectivity index (χ1v) is 8.83. The van der Waals surface area contributed by atoms with Gasteiger partial charge in [0.25, 0.3) is 0 Å². The van der Waals surface area contributed by atoms with Crippen LogP contribution in [0.3, 0.4) is 0 Å². The van der Waals surface area contributed by atoms with Crippen molar-refractivity contribution in [2.45, 2.75) is 25.2 Å². The summed E-state index contributed by atoms with van der Waals surface area (Å²) in [4.78, 5) is 13.6. The Morgan fingerprint density at radius 2 is 1.96 bits per heavy atom. The van der Waals surface area contributed by atoms with Gasteiger partial charge >= 0.3 is 0 Å². The van der Waals surface area contributed by atoms with E-state index in [9.17, 15) is 0 Å². The van der Waals surface area contributed by atoms with E-state index in [1.165, 1.54) is 18.4 Å². The minimum absolute atomic E-state index is 0.587. The Morgan fingerprint density at radius 1 is 1.09 bits per heavy atom. The molecule has 0 unspecified atom stereocenters. The molecule has 4 nitrogen and oxygen atoms in total. The highest BCUT2D eigenvalue weighted by molar-refractivity contribution is 7.13. The molecule has 3 aromatic rings. The monoisotopic (exact) mass is 322 g/mol. The van der Waals surface area contributed by atoms with E-state index >= 15 is 0 Å². The third-order valence-corrected chi connectivity index (χ3v) is 4.82. The van der Waals surface area contributed by atoms with Crippen molar-refractivity contribution in [3.63, 3.8) is 0 Å². The molecule has 1 saturated carbocycles. The van der Waals surface area contributed by atoms with Gasteiger partial charge in [-0.05, 0) is 18.9 Å². The second-order valence-corrected chi connectivity index (χ2v) is 6.62. The SMILES string of the molecule is c1ccc(-c2nc(CCNc3ccnc(C4CC4)n3)cs2)cc1. The molecule has 4 rings (SSSR count). The Balaban J connectivity index is 1.35. The number of nitrogens with one attached hydrogen (secondary N) is 1. The van der Waals surface area contributed by atoms with Gasteiger partial charge < -0.3 is 5.32 Å². The Kier molecular flexibility index (Phi) is 4.03. The highest BCUT2D eigenvalue weighted by Crippen LogP contribution is 2.38. The van der Waals surface area contributed by atoms with Gasteiger partial charge in [0, 0.05) is 36.0 Å². The molecule has 1 fully saturated rings. The molecular weight excluding hydrogens is 304 g/mol. The van der Waals surface area contributed by atoms with Gasteiger partial charge in [-0.3, -0.25) is 0 Å². The van der Waals surface area contributed by atoms with Crippen LogP contribution in [-0.4, -0.2) is 21.5 Å². The van der Waals surface area contributed by atoms with Gasteiger partial charge in [-0.25, -0.2) is 15.0 Å². The molecule has 0 saturated heterocycles. The zero-order chi connectivity index (χ0) is 15.5. The quantitative estimate of drug-likeness (QED) is 0.741. The van der Waals surface area contributed by atoms with Crippen LogP contribution in [0.5, 0.6) is 0 Å². The number of hydrogen-bond acceptors (Lipinski definition) is 5. The summed E-state index contributed by atoms with van der Waals surface area (Å²) >= 11 is 1.70. The maximum absolute atomic E-state index is 4.71. The number of aromatic nitrogens is 3. The molecule has 0 radical (unpaired) electrons. The summed E-state index contributed by atoms with van der Waals surface area (Å²) in [6.07, 6.45) is 5.19. The summed E-state index contributed by atoms with van der Waals surface area (Å²) < 4.78 is 0. The van der Waals surface area contributed by atoms with E-state index in [-0.39, 0.29) is 0 Å². The van der Waals surface area contributed by atoms with Crippen LogP contribution >= 0.6 is 11.3 Å². The first-order valence-electron chi connectivity index (χ1n) is 7.95. The lowest BCUT2D eigenvalue weighted by Crippen LogP contribution is -2.07. The van der Waals surface area contributed by atoms with Crippen LogP contribution in [0.4, 0.5) is 5.82 Å². The Labute approximate surface area is 139 Å². The maximum Gasteiger partial charge on any atom is 0.133 e. The molecule has 1 aromatic carbocycles. The highest BCUT2D eigenvalue weighted by atomic mass is 32.1. The Bertz CT molecular complexity index is 780. The van der Waals surface area contributed by atoms with Gasteiger partial charge in [0.15, 0.2) is 0 Å². The molecule has 23 heavy (non-hydrogen) atoms. The van der Waals surface area contributed by atoms with Crippen molar-refractivity contribution in [1.29, 1.82) is 0 Å². The fraction of sp³-hybridized carbons (Fsp3) is 0.278. The fourth-order valence-corrected chi connectivity index (χ4v) is 3.32. The van der Waals surface area contributed by atoms with Crippen molar-refractivity contribution in [2.75, 3.05) is 11.9 Å². The highest BCUT2D eigenvalue weighted by Gasteiger charge is 2.26. The van der Waals surface area contributed by atoms with Gasteiger partial charge in [-0.15, -0.1) is 11.3 Å². The standard InChI is InChI=1S/C18H18N4S/c1-2-4-14(5-3-1)18-21-15(12-23-18)8-10-19-16-9-11-20-17(22-16)13-6-7-13/h1-5,9,11-13H,6-8,10H2,(H,19,20,22). The second-order valence-electron chi connectivity index (χ2n) is 5.76. The Hall–Kier alpha value is -2.27. The first-order chi connectivity index (χ1) is 11.4. The summed E-state index contributed by atoms with van der Waals surface area (Å²) in [7, 11) is 0. The predicted molar refractivity (Wildman–Crippen MR) is 93.8 cm³/mol. The number of thiazole rings is 1. The van der Waals surface area contributed by atoms with E-state index in [1.54, 1.807) is 11.3 Å². The van der Waals surface area contributed by atoms with E-state index in [2.05, 4.69) is 32.8 Å². The van der Waals surface area contributed by atoms with E-state index in [4.69, 9.17) is 4.98 Å². The van der Waals surface area contributed by atoms with Crippen LogP contribution in [0.25, 0.3) is 10.6 Å². The van der Waals surface area contributed by atoms with Crippen LogP contribution in [0, 0.1) is 0 Å². The lowest BCUT2D eigenvalue weighted by atomic mass is 10.2. The molecule has 116 valence electrons. The molecule has 2 heterocycles. The second kappa shape index (κ2) is 6.46. The molecule has 2 aromatic heterocycles. The molecule has 1 aliphatic rings. The van der Waals surface area contributed by atoms with Crippen molar-refractivity contribution >= 4 is 17.2 Å². The van der Waals surface area contributed by atoms with E-state index in [0.717, 1.165) is 35.3 Å². The first kappa shape index (κ1) is 14.3. The maximum atomic E-state index is 4.71. The van der Waals surface area contributed by atoms with Crippen LogP contribution in [-0.2, 0) is 6.42 Å². The van der Waals surface area contributed by atoms with Crippen LogP contribution < -0.4 is 5.32 Å². The minimum atomic E-state index is 0.587. The molecule has 5 heteroatoms. The summed E-state index contributed by atoms with van der Waals surface area (Å²) in [5, 5.41) is 6.60. The van der Waals surface area contributed by atoms with Crippen molar-refractivity contribution in [2.24, 2.45) is 0 Å². The Morgan fingerprint density at radius 3 is 2.78 bits per heavy atom. The van der Waals surface area contributed by atoms with Gasteiger partial charge in [0.2, 0.25) is 0 Å². The molecule has 0 bridgehead atoms. The molecule has 0 atom stereocenters. The number of benzene rings is 1. The number of nitrogens with zero attached hydrogens (tertiary/aromatic N) is 3. The molecule has 0 spiro atoms. The summed E-state index contributed by atoms with van der Waals surface area (Å²) in [6, 6.07) is 12.2. The molecule has 1 aliphatic carbocycles. The average Bonchev–Trinajstić information content (AvgIpc) is 3.35. The van der Waals surface area contributed by atoms with Crippen LogP contribution in [0.15, 0.2) is 48.0 Å². The van der Waals surface area contributed by atoms with Crippen molar-refractivity contribution in [3.05, 3.63) is 59.5 Å². The van der Waals surface area contributed by atoms with Crippen LogP contribution in [0.2, 0.25) is 0 Å². The third-order valence-electron chi connectivity index (χ3n) is 3.88. The average molecular weight is 322 g/mol. The van der Waals surface area contributed by atoms with Crippen LogP contribution in [0.1, 0.15) is 30.3 Å². The summed E-state index contributed by atoms with van der Waals surface area (Å²) in [5.74, 6) is 2.49. The smallest absolute Gasteiger partial charge is 0.133 e. The zero-order valence-electron chi connectivity index (χ0n) is 12.8. The van der Waals surface area contributed by atoms with Gasteiger partial charge in [-0.1, -0.05) is 30.3 Å². The zero-order valence-corrected chi connectivity index (χ0v) is 13.6. The molecule has 0 amide bonds. The van der Waals surface area contributed by atoms with E-state index in [0.29, 0.717) is 5.92 Å². The van der Waals surface area contributed by atoms with Crippen molar-refractivity contribution < 1.29 is 0 Å². The summed E-state index contributed by atoms with van der Waals surface area (Å²) in [6.45, 7) is 0.832. The lowest BCUT2D eigenvalue weighted by Gasteiger charge is -2.05. The lowest BCUT2D eigenvalue weighted by molar-refractivity contribution is 0.910. The van der Waals surface area contributed by atoms with Gasteiger partial charge in [-0.2, -0.15) is 0 Å². The van der Waals surface area contributed by atoms with Gasteiger partial charge in [0.05, 0.1) is 5.69 Å².